The van der Waals surface area contributed by atoms with Crippen LogP contribution in [-0.2, 0) is 14.3 Å². The molecule has 4 N–H and O–H groups in total. The molecule has 0 bridgehead atoms. The van der Waals surface area contributed by atoms with Crippen molar-refractivity contribution in [2.45, 2.75) is 162 Å². The normalized spacial score (nSPS) is 21.3. The van der Waals surface area contributed by atoms with Crippen LogP contribution < -0.4 is 10.6 Å². The number of carboxylic acids is 1. The zero-order valence-corrected chi connectivity index (χ0v) is 27.0. The van der Waals surface area contributed by atoms with E-state index in [1.54, 1.807) is 27.7 Å². The first-order valence-corrected chi connectivity index (χ1v) is 16.1. The second-order valence-corrected chi connectivity index (χ2v) is 14.1. The fourth-order valence-electron chi connectivity index (χ4n) is 6.06. The quantitative estimate of drug-likeness (QED) is 0.158. The Kier molecular flexibility index (Phi) is 14.5. The first-order chi connectivity index (χ1) is 19.7. The fraction of sp³-hybridized carbons (Fsp3) is 0.818. The number of Topliss-reactive ketones (excluding diaryl/α,β-unsaturated/α-hetero) is 1. The molecule has 0 saturated heterocycles. The van der Waals surface area contributed by atoms with Crippen LogP contribution in [0, 0.1) is 5.41 Å². The maximum absolute atomic E-state index is 12.3. The molecule has 240 valence electrons. The highest BCUT2D eigenvalue weighted by Gasteiger charge is 2.34. The van der Waals surface area contributed by atoms with Crippen molar-refractivity contribution in [1.29, 1.82) is 0 Å². The van der Waals surface area contributed by atoms with Gasteiger partial charge in [0.1, 0.15) is 17.4 Å². The number of nitrogens with one attached hydrogen (secondary N) is 2. The number of aliphatic imine (C=N–C) groups is 1. The minimum atomic E-state index is -1.12. The number of carboxylic acid groups (broad SMARTS) is 1. The number of allylic oxidation sites excluding steroid dienone is 2. The maximum atomic E-state index is 12.3. The molecule has 1 amide bonds. The predicted molar refractivity (Wildman–Crippen MR) is 167 cm³/mol. The molecule has 0 aromatic heterocycles. The van der Waals surface area contributed by atoms with Crippen LogP contribution in [0.25, 0.3) is 0 Å². The number of ketones is 1. The summed E-state index contributed by atoms with van der Waals surface area (Å²) in [7, 11) is 0. The van der Waals surface area contributed by atoms with Crippen LogP contribution in [0.4, 0.5) is 4.79 Å². The number of hydrogen-bond acceptors (Lipinski definition) is 7. The molecular formula is C33H57N3O6. The summed E-state index contributed by atoms with van der Waals surface area (Å²) in [5.41, 5.74) is -0.146. The van der Waals surface area contributed by atoms with E-state index < -0.39 is 23.7 Å². The lowest BCUT2D eigenvalue weighted by molar-refractivity contribution is -0.139. The van der Waals surface area contributed by atoms with Gasteiger partial charge < -0.3 is 25.6 Å². The van der Waals surface area contributed by atoms with Crippen molar-refractivity contribution in [3.63, 3.8) is 0 Å². The summed E-state index contributed by atoms with van der Waals surface area (Å²) < 4.78 is 5.08. The van der Waals surface area contributed by atoms with E-state index >= 15 is 0 Å². The lowest BCUT2D eigenvalue weighted by atomic mass is 9.76. The number of carbonyl (C=O) groups is 3. The lowest BCUT2D eigenvalue weighted by Gasteiger charge is -2.30. The highest BCUT2D eigenvalue weighted by atomic mass is 16.6. The molecule has 0 aromatic rings. The Bertz CT molecular complexity index is 937. The first-order valence-electron chi connectivity index (χ1n) is 16.1. The molecule has 0 heterocycles. The van der Waals surface area contributed by atoms with Gasteiger partial charge in [0.2, 0.25) is 0 Å². The van der Waals surface area contributed by atoms with Gasteiger partial charge in [-0.05, 0) is 78.1 Å². The molecular weight excluding hydrogens is 534 g/mol. The molecule has 0 radical (unpaired) electrons. The third kappa shape index (κ3) is 13.7. The number of hydrogen-bond donors (Lipinski definition) is 4. The fourth-order valence-corrected chi connectivity index (χ4v) is 6.06. The SMILES string of the molecule is C1CCC(NC2CCCCC2)CC1.CC(=NCCCC[C@H](NC(=O)OC(C)(C)C)C(=O)O)C1=C(O)CC(C)(C)CC1=O. The molecule has 0 unspecified atom stereocenters. The Morgan fingerprint density at radius 1 is 0.976 bits per heavy atom. The predicted octanol–water partition coefficient (Wildman–Crippen LogP) is 7.04. The molecule has 3 aliphatic carbocycles. The third-order valence-corrected chi connectivity index (χ3v) is 8.14. The number of amides is 1. The molecule has 9 nitrogen and oxygen atoms in total. The topological polar surface area (TPSA) is 137 Å². The molecule has 3 rings (SSSR count). The highest BCUT2D eigenvalue weighted by Crippen LogP contribution is 2.36. The van der Waals surface area contributed by atoms with Gasteiger partial charge in [0, 0.05) is 37.2 Å². The summed E-state index contributed by atoms with van der Waals surface area (Å²) >= 11 is 0. The number of nitrogens with zero attached hydrogens (tertiary/aromatic N) is 1. The first kappa shape index (κ1) is 35.8. The van der Waals surface area contributed by atoms with E-state index in [2.05, 4.69) is 15.6 Å². The molecule has 3 aliphatic rings. The average molecular weight is 592 g/mol. The van der Waals surface area contributed by atoms with E-state index in [4.69, 9.17) is 4.74 Å². The van der Waals surface area contributed by atoms with E-state index in [1.165, 1.54) is 64.2 Å². The van der Waals surface area contributed by atoms with Gasteiger partial charge in [0.15, 0.2) is 5.78 Å². The lowest BCUT2D eigenvalue weighted by Crippen LogP contribution is -2.43. The van der Waals surface area contributed by atoms with Gasteiger partial charge in [-0.3, -0.25) is 9.79 Å². The summed E-state index contributed by atoms with van der Waals surface area (Å²) in [6.45, 7) is 11.1. The average Bonchev–Trinajstić information content (AvgIpc) is 2.87. The standard InChI is InChI=1S/C21H34N2O6.C12H23N/c1-13(17-15(24)11-21(5,6)12-16(17)25)22-10-8-7-9-14(18(26)27)23-19(28)29-20(2,3)4;1-3-7-11(8-4-1)13-12-9-5-2-6-10-12/h14,24H,7-12H2,1-6H3,(H,23,28)(H,26,27);11-13H,1-10H2/t14-;/m0./s1. The summed E-state index contributed by atoms with van der Waals surface area (Å²) in [5.74, 6) is -1.14. The van der Waals surface area contributed by atoms with Crippen molar-refractivity contribution in [2.75, 3.05) is 6.54 Å². The molecule has 0 aliphatic heterocycles. The molecule has 0 aromatic carbocycles. The summed E-state index contributed by atoms with van der Waals surface area (Å²) in [4.78, 5) is 39.8. The Hall–Kier alpha value is -2.42. The largest absolute Gasteiger partial charge is 0.511 e. The number of ether oxygens (including phenoxy) is 1. The second-order valence-electron chi connectivity index (χ2n) is 14.1. The van der Waals surface area contributed by atoms with Gasteiger partial charge in [0.05, 0.1) is 5.57 Å². The minimum Gasteiger partial charge on any atom is -0.511 e. The van der Waals surface area contributed by atoms with Gasteiger partial charge in [-0.25, -0.2) is 9.59 Å². The van der Waals surface area contributed by atoms with Crippen molar-refractivity contribution >= 4 is 23.6 Å². The van der Waals surface area contributed by atoms with Crippen molar-refractivity contribution in [1.82, 2.24) is 10.6 Å². The number of unbranched alkanes of at least 4 members (excludes halogenated alkanes) is 1. The Morgan fingerprint density at radius 2 is 1.52 bits per heavy atom. The van der Waals surface area contributed by atoms with Crippen molar-refractivity contribution in [3.05, 3.63) is 11.3 Å². The van der Waals surface area contributed by atoms with E-state index in [9.17, 15) is 24.6 Å². The van der Waals surface area contributed by atoms with Crippen LogP contribution >= 0.6 is 0 Å². The maximum Gasteiger partial charge on any atom is 0.408 e. The van der Waals surface area contributed by atoms with Crippen LogP contribution in [0.2, 0.25) is 0 Å². The van der Waals surface area contributed by atoms with Crippen LogP contribution in [0.15, 0.2) is 16.3 Å². The van der Waals surface area contributed by atoms with Crippen molar-refractivity contribution < 1.29 is 29.3 Å². The molecule has 1 atom stereocenters. The number of aliphatic hydroxyl groups excluding tert-OH is 1. The van der Waals surface area contributed by atoms with Gasteiger partial charge in [-0.2, -0.15) is 0 Å². The van der Waals surface area contributed by atoms with E-state index in [0.29, 0.717) is 43.5 Å². The number of alkyl carbamates (subject to hydrolysis) is 1. The number of carbonyl (C=O) groups excluding carboxylic acids is 2. The van der Waals surface area contributed by atoms with Gasteiger partial charge in [-0.1, -0.05) is 52.4 Å². The van der Waals surface area contributed by atoms with Gasteiger partial charge in [0.25, 0.3) is 0 Å². The molecule has 2 saturated carbocycles. The molecule has 9 heteroatoms. The van der Waals surface area contributed by atoms with Crippen molar-refractivity contribution in [2.24, 2.45) is 10.4 Å². The van der Waals surface area contributed by atoms with E-state index in [0.717, 1.165) is 12.1 Å². The molecule has 42 heavy (non-hydrogen) atoms. The third-order valence-electron chi connectivity index (χ3n) is 8.14. The smallest absolute Gasteiger partial charge is 0.408 e. The van der Waals surface area contributed by atoms with E-state index in [1.807, 2.05) is 13.8 Å². The number of rotatable bonds is 10. The van der Waals surface area contributed by atoms with Gasteiger partial charge >= 0.3 is 12.1 Å². The number of aliphatic carboxylic acids is 1. The Labute approximate surface area is 253 Å². The Morgan fingerprint density at radius 3 is 2.00 bits per heavy atom. The summed E-state index contributed by atoms with van der Waals surface area (Å²) in [6, 6.07) is 0.706. The number of aliphatic hydroxyl groups is 1. The second kappa shape index (κ2) is 17.0. The minimum absolute atomic E-state index is 0.0833. The molecule has 2 fully saturated rings. The Balaban J connectivity index is 0.000000389. The summed E-state index contributed by atoms with van der Waals surface area (Å²) in [6.07, 6.45) is 16.0. The van der Waals surface area contributed by atoms with E-state index in [-0.39, 0.29) is 23.4 Å². The van der Waals surface area contributed by atoms with Crippen LogP contribution in [-0.4, -0.2) is 64.0 Å². The van der Waals surface area contributed by atoms with Crippen LogP contribution in [0.3, 0.4) is 0 Å². The summed E-state index contributed by atoms with van der Waals surface area (Å²) in [5, 5.41) is 25.7. The highest BCUT2D eigenvalue weighted by molar-refractivity contribution is 6.22. The monoisotopic (exact) mass is 591 g/mol. The molecule has 0 spiro atoms. The van der Waals surface area contributed by atoms with Crippen LogP contribution in [0.5, 0.6) is 0 Å². The zero-order valence-electron chi connectivity index (χ0n) is 27.0. The zero-order chi connectivity index (χ0) is 31.3. The van der Waals surface area contributed by atoms with Crippen molar-refractivity contribution in [3.8, 4) is 0 Å². The van der Waals surface area contributed by atoms with Crippen LogP contribution in [0.1, 0.15) is 138 Å². The van der Waals surface area contributed by atoms with Gasteiger partial charge in [-0.15, -0.1) is 0 Å².